The number of H-pyrrole nitrogens is 1. The van der Waals surface area contributed by atoms with Crippen molar-refractivity contribution in [3.05, 3.63) is 22.2 Å². The van der Waals surface area contributed by atoms with Crippen LogP contribution in [0.4, 0.5) is 0 Å². The monoisotopic (exact) mass is 185 g/mol. The van der Waals surface area contributed by atoms with Gasteiger partial charge in [-0.25, -0.2) is 9.95 Å². The van der Waals surface area contributed by atoms with Crippen LogP contribution in [0.25, 0.3) is 0 Å². The van der Waals surface area contributed by atoms with Gasteiger partial charge in [-0.15, -0.1) is 0 Å². The molecule has 0 unspecified atom stereocenters. The van der Waals surface area contributed by atoms with Gasteiger partial charge in [0, 0.05) is 12.5 Å². The molecule has 0 aliphatic heterocycles. The Morgan fingerprint density at radius 2 is 2.31 bits per heavy atom. The van der Waals surface area contributed by atoms with Crippen molar-refractivity contribution in [1.29, 1.82) is 0 Å². The summed E-state index contributed by atoms with van der Waals surface area (Å²) in [6, 6.07) is 1.25. The largest absolute Gasteiger partial charge is 0.481 e. The lowest BCUT2D eigenvalue weighted by Gasteiger charge is -2.16. The van der Waals surface area contributed by atoms with Crippen molar-refractivity contribution < 1.29 is 14.4 Å². The highest BCUT2D eigenvalue weighted by Gasteiger charge is 2.28. The number of rotatable bonds is 3. The summed E-state index contributed by atoms with van der Waals surface area (Å²) in [5.74, 6) is -0.908. The fourth-order valence-electron chi connectivity index (χ4n) is 0.956. The normalized spacial score (nSPS) is 11.5. The second kappa shape index (κ2) is 3.08. The third-order valence-electron chi connectivity index (χ3n) is 1.79. The molecule has 1 aromatic rings. The van der Waals surface area contributed by atoms with Gasteiger partial charge in [-0.3, -0.25) is 4.79 Å². The van der Waals surface area contributed by atoms with Crippen molar-refractivity contribution >= 4 is 5.97 Å². The van der Waals surface area contributed by atoms with Crippen LogP contribution in [0.5, 0.6) is 0 Å². The van der Waals surface area contributed by atoms with Gasteiger partial charge in [0.1, 0.15) is 0 Å². The summed E-state index contributed by atoms with van der Waals surface area (Å²) in [5, 5.41) is 11.2. The van der Waals surface area contributed by atoms with E-state index in [2.05, 4.69) is 9.68 Å². The summed E-state index contributed by atoms with van der Waals surface area (Å²) in [4.78, 5) is 21.3. The summed E-state index contributed by atoms with van der Waals surface area (Å²) in [6.45, 7) is 3.17. The molecule has 0 saturated heterocycles. The molecule has 1 rings (SSSR count). The molecule has 0 aliphatic carbocycles. The quantitative estimate of drug-likeness (QED) is 0.723. The average molecular weight is 185 g/mol. The van der Waals surface area contributed by atoms with Gasteiger partial charge >= 0.3 is 11.6 Å². The molecule has 5 nitrogen and oxygen atoms in total. The van der Waals surface area contributed by atoms with E-state index in [-0.39, 0.29) is 6.42 Å². The number of hydrogen-bond acceptors (Lipinski definition) is 3. The molecular weight excluding hydrogens is 174 g/mol. The molecular formula is C8H11NO4. The number of carboxylic acids is 1. The predicted octanol–water partition coefficient (Wildman–Crippen LogP) is 0.621. The zero-order valence-corrected chi connectivity index (χ0v) is 7.46. The van der Waals surface area contributed by atoms with Gasteiger partial charge in [0.05, 0.1) is 11.1 Å². The van der Waals surface area contributed by atoms with Crippen molar-refractivity contribution in [3.63, 3.8) is 0 Å². The first-order valence-corrected chi connectivity index (χ1v) is 3.82. The molecule has 0 bridgehead atoms. The Kier molecular flexibility index (Phi) is 2.27. The molecule has 1 heterocycles. The number of carbonyl (C=O) groups is 1. The first-order valence-electron chi connectivity index (χ1n) is 3.82. The van der Waals surface area contributed by atoms with Gasteiger partial charge in [-0.2, -0.15) is 0 Å². The van der Waals surface area contributed by atoms with Crippen LogP contribution in [0.3, 0.4) is 0 Å². The smallest absolute Gasteiger partial charge is 0.357 e. The predicted molar refractivity (Wildman–Crippen MR) is 44.4 cm³/mol. The third-order valence-corrected chi connectivity index (χ3v) is 1.79. The van der Waals surface area contributed by atoms with Crippen LogP contribution in [-0.2, 0) is 11.2 Å². The van der Waals surface area contributed by atoms with Crippen molar-refractivity contribution in [3.8, 4) is 0 Å². The van der Waals surface area contributed by atoms with Crippen molar-refractivity contribution in [2.45, 2.75) is 20.3 Å². The standard InChI is InChI=1S/C8H11NO4/c1-8(2,7(11)12)4-5-3-6(10)13-9-5/h3,9H,4H2,1-2H3,(H,11,12). The van der Waals surface area contributed by atoms with Gasteiger partial charge in [-0.1, -0.05) is 0 Å². The minimum Gasteiger partial charge on any atom is -0.481 e. The number of carboxylic acid groups (broad SMARTS) is 1. The lowest BCUT2D eigenvalue weighted by molar-refractivity contribution is -0.146. The van der Waals surface area contributed by atoms with Gasteiger partial charge in [0.25, 0.3) is 0 Å². The molecule has 5 heteroatoms. The molecule has 0 fully saturated rings. The maximum absolute atomic E-state index is 10.7. The SMILES string of the molecule is CC(C)(Cc1cc(=O)o[nH]1)C(=O)O. The lowest BCUT2D eigenvalue weighted by atomic mass is 9.88. The maximum atomic E-state index is 10.7. The molecule has 0 amide bonds. The molecule has 0 spiro atoms. The Labute approximate surface area is 74.3 Å². The average Bonchev–Trinajstić information content (AvgIpc) is 2.34. The van der Waals surface area contributed by atoms with Crippen LogP contribution in [0.15, 0.2) is 15.4 Å². The summed E-state index contributed by atoms with van der Waals surface area (Å²) >= 11 is 0. The van der Waals surface area contributed by atoms with E-state index in [4.69, 9.17) is 5.11 Å². The zero-order valence-electron chi connectivity index (χ0n) is 7.46. The Balaban J connectivity index is 2.80. The molecule has 0 radical (unpaired) electrons. The highest BCUT2D eigenvalue weighted by atomic mass is 16.5. The fourth-order valence-corrected chi connectivity index (χ4v) is 0.956. The minimum atomic E-state index is -0.908. The van der Waals surface area contributed by atoms with E-state index >= 15 is 0 Å². The molecule has 2 N–H and O–H groups in total. The van der Waals surface area contributed by atoms with Crippen molar-refractivity contribution in [2.24, 2.45) is 5.41 Å². The number of hydrogen-bond donors (Lipinski definition) is 2. The van der Waals surface area contributed by atoms with E-state index in [1.54, 1.807) is 13.8 Å². The molecule has 0 aliphatic rings. The van der Waals surface area contributed by atoms with Crippen LogP contribution in [0.1, 0.15) is 19.5 Å². The molecule has 0 saturated carbocycles. The van der Waals surface area contributed by atoms with Crippen molar-refractivity contribution in [2.75, 3.05) is 0 Å². The first kappa shape index (κ1) is 9.57. The maximum Gasteiger partial charge on any atom is 0.357 e. The van der Waals surface area contributed by atoms with E-state index in [1.165, 1.54) is 6.07 Å². The van der Waals surface area contributed by atoms with Crippen LogP contribution < -0.4 is 5.63 Å². The minimum absolute atomic E-state index is 0.244. The number of aromatic nitrogens is 1. The summed E-state index contributed by atoms with van der Waals surface area (Å²) in [7, 11) is 0. The zero-order chi connectivity index (χ0) is 10.1. The van der Waals surface area contributed by atoms with Gasteiger partial charge < -0.3 is 9.63 Å². The number of aromatic amines is 1. The molecule has 72 valence electrons. The van der Waals surface area contributed by atoms with E-state index in [0.717, 1.165) is 0 Å². The van der Waals surface area contributed by atoms with Crippen LogP contribution in [-0.4, -0.2) is 16.2 Å². The Bertz CT molecular complexity index is 360. The van der Waals surface area contributed by atoms with E-state index in [9.17, 15) is 9.59 Å². The summed E-state index contributed by atoms with van der Waals surface area (Å²) in [6.07, 6.45) is 0.244. The Hall–Kier alpha value is -1.52. The van der Waals surface area contributed by atoms with Gasteiger partial charge in [0.15, 0.2) is 0 Å². The van der Waals surface area contributed by atoms with E-state index < -0.39 is 17.0 Å². The highest BCUT2D eigenvalue weighted by Crippen LogP contribution is 2.20. The molecule has 1 aromatic heterocycles. The van der Waals surface area contributed by atoms with Gasteiger partial charge in [-0.05, 0) is 13.8 Å². The van der Waals surface area contributed by atoms with Gasteiger partial charge in [0.2, 0.25) is 0 Å². The number of aliphatic carboxylic acids is 1. The number of nitrogens with one attached hydrogen (secondary N) is 1. The Morgan fingerprint density at radius 3 is 2.69 bits per heavy atom. The third kappa shape index (κ3) is 2.21. The second-order valence-corrected chi connectivity index (χ2v) is 3.56. The highest BCUT2D eigenvalue weighted by molar-refractivity contribution is 5.73. The van der Waals surface area contributed by atoms with Crippen LogP contribution in [0.2, 0.25) is 0 Å². The fraction of sp³-hybridized carbons (Fsp3) is 0.500. The first-order chi connectivity index (χ1) is 5.92. The van der Waals surface area contributed by atoms with E-state index in [1.807, 2.05) is 0 Å². The van der Waals surface area contributed by atoms with Crippen LogP contribution >= 0.6 is 0 Å². The molecule has 0 atom stereocenters. The summed E-state index contributed by atoms with van der Waals surface area (Å²) < 4.78 is 4.42. The van der Waals surface area contributed by atoms with Crippen molar-refractivity contribution in [1.82, 2.24) is 5.16 Å². The molecule has 13 heavy (non-hydrogen) atoms. The Morgan fingerprint density at radius 1 is 1.69 bits per heavy atom. The lowest BCUT2D eigenvalue weighted by Crippen LogP contribution is -2.26. The van der Waals surface area contributed by atoms with E-state index in [0.29, 0.717) is 5.69 Å². The van der Waals surface area contributed by atoms with Crippen LogP contribution in [0, 0.1) is 5.41 Å². The summed E-state index contributed by atoms with van der Waals surface area (Å²) in [5.41, 5.74) is -0.888. The second-order valence-electron chi connectivity index (χ2n) is 3.56. The molecule has 0 aromatic carbocycles. The topological polar surface area (TPSA) is 83.3 Å².